The van der Waals surface area contributed by atoms with Gasteiger partial charge < -0.3 is 14.9 Å². The van der Waals surface area contributed by atoms with Gasteiger partial charge in [0.2, 0.25) is 6.10 Å². The number of rotatable bonds is 6. The van der Waals surface area contributed by atoms with Crippen LogP contribution in [-0.4, -0.2) is 34.6 Å². The average molecular weight is 390 g/mol. The third kappa shape index (κ3) is 4.13. The van der Waals surface area contributed by atoms with Gasteiger partial charge in [-0.25, -0.2) is 0 Å². The Bertz CT molecular complexity index is 1040. The van der Waals surface area contributed by atoms with Gasteiger partial charge >= 0.3 is 0 Å². The normalized spacial score (nSPS) is 15.5. The van der Waals surface area contributed by atoms with Crippen molar-refractivity contribution < 1.29 is 14.4 Å². The van der Waals surface area contributed by atoms with E-state index < -0.39 is 6.10 Å². The average Bonchev–Trinajstić information content (AvgIpc) is 3.36. The van der Waals surface area contributed by atoms with E-state index in [9.17, 15) is 4.79 Å². The Labute approximate surface area is 168 Å². The lowest BCUT2D eigenvalue weighted by atomic mass is 10.0. The first kappa shape index (κ1) is 18.7. The zero-order chi connectivity index (χ0) is 20.2. The van der Waals surface area contributed by atoms with Crippen LogP contribution in [0.2, 0.25) is 0 Å². The molecule has 0 aliphatic carbocycles. The second-order valence-corrected chi connectivity index (χ2v) is 6.84. The molecule has 148 valence electrons. The molecule has 2 heterocycles. The number of ether oxygens (including phenoxy) is 1. The quantitative estimate of drug-likeness (QED) is 0.700. The number of methoxy groups -OCH3 is 1. The van der Waals surface area contributed by atoms with E-state index in [1.165, 1.54) is 0 Å². The number of carbonyl (C=O) groups excluding carboxylic acids is 1. The van der Waals surface area contributed by atoms with E-state index in [0.29, 0.717) is 30.2 Å². The maximum Gasteiger partial charge on any atom is 0.269 e. The Kier molecular flexibility index (Phi) is 5.29. The number of aryl methyl sites for hydroxylation is 1. The van der Waals surface area contributed by atoms with Crippen LogP contribution in [-0.2, 0) is 16.2 Å². The lowest BCUT2D eigenvalue weighted by molar-refractivity contribution is -0.125. The van der Waals surface area contributed by atoms with Crippen LogP contribution in [0.4, 0.5) is 5.82 Å². The minimum absolute atomic E-state index is 0.275. The number of hydrogen-bond donors (Lipinski definition) is 1. The largest absolute Gasteiger partial charge is 0.496 e. The van der Waals surface area contributed by atoms with Gasteiger partial charge in [0, 0.05) is 23.7 Å². The third-order valence-electron chi connectivity index (χ3n) is 4.79. The monoisotopic (exact) mass is 390 g/mol. The maximum atomic E-state index is 12.6. The van der Waals surface area contributed by atoms with Crippen molar-refractivity contribution in [3.05, 3.63) is 77.5 Å². The molecule has 1 unspecified atom stereocenters. The molecule has 29 heavy (non-hydrogen) atoms. The molecule has 3 aromatic rings. The first-order valence-electron chi connectivity index (χ1n) is 9.39. The number of benzene rings is 2. The first-order chi connectivity index (χ1) is 14.1. The van der Waals surface area contributed by atoms with Crippen molar-refractivity contribution in [2.24, 2.45) is 5.16 Å². The SMILES string of the molecule is COc1ccccc1C1=NOC(C(=O)Nc2cc(C)n(Cc3ccccc3)n2)C1. The van der Waals surface area contributed by atoms with Crippen molar-refractivity contribution in [1.82, 2.24) is 9.78 Å². The van der Waals surface area contributed by atoms with Crippen molar-refractivity contribution in [2.45, 2.75) is 26.0 Å². The summed E-state index contributed by atoms with van der Waals surface area (Å²) in [6.45, 7) is 2.60. The standard InChI is InChI=1S/C22H22N4O3/c1-15-12-21(24-26(15)14-16-8-4-3-5-9-16)23-22(27)20-13-18(25-29-20)17-10-6-7-11-19(17)28-2/h3-12,20H,13-14H2,1-2H3,(H,23,24,27). The Morgan fingerprint density at radius 2 is 1.97 bits per heavy atom. The number of anilines is 1. The Morgan fingerprint density at radius 1 is 1.21 bits per heavy atom. The summed E-state index contributed by atoms with van der Waals surface area (Å²) in [5.41, 5.74) is 3.62. The molecule has 1 aliphatic rings. The predicted molar refractivity (Wildman–Crippen MR) is 110 cm³/mol. The molecule has 1 aliphatic heterocycles. The van der Waals surface area contributed by atoms with Gasteiger partial charge in [-0.3, -0.25) is 9.48 Å². The second kappa shape index (κ2) is 8.18. The fourth-order valence-corrected chi connectivity index (χ4v) is 3.25. The van der Waals surface area contributed by atoms with Crippen LogP contribution in [0.1, 0.15) is 23.2 Å². The summed E-state index contributed by atoms with van der Waals surface area (Å²) in [6, 6.07) is 19.4. The zero-order valence-corrected chi connectivity index (χ0v) is 16.3. The number of nitrogens with one attached hydrogen (secondary N) is 1. The van der Waals surface area contributed by atoms with Crippen LogP contribution in [0.5, 0.6) is 5.75 Å². The molecule has 2 aromatic carbocycles. The van der Waals surface area contributed by atoms with Crippen molar-refractivity contribution in [3.8, 4) is 5.75 Å². The van der Waals surface area contributed by atoms with Crippen LogP contribution in [0.25, 0.3) is 0 Å². The third-order valence-corrected chi connectivity index (χ3v) is 4.79. The van der Waals surface area contributed by atoms with Gasteiger partial charge in [-0.1, -0.05) is 47.6 Å². The number of nitrogens with zero attached hydrogens (tertiary/aromatic N) is 3. The highest BCUT2D eigenvalue weighted by atomic mass is 16.6. The fraction of sp³-hybridized carbons (Fsp3) is 0.227. The molecule has 1 aromatic heterocycles. The molecule has 7 heteroatoms. The van der Waals surface area contributed by atoms with Crippen molar-refractivity contribution in [3.63, 3.8) is 0 Å². The number of amides is 1. The van der Waals surface area contributed by atoms with Crippen molar-refractivity contribution in [2.75, 3.05) is 12.4 Å². The minimum atomic E-state index is -0.700. The van der Waals surface area contributed by atoms with E-state index in [0.717, 1.165) is 16.8 Å². The summed E-state index contributed by atoms with van der Waals surface area (Å²) in [7, 11) is 1.60. The number of oxime groups is 1. The van der Waals surface area contributed by atoms with Gasteiger partial charge in [-0.2, -0.15) is 5.10 Å². The Hall–Kier alpha value is -3.61. The van der Waals surface area contributed by atoms with Gasteiger partial charge in [-0.15, -0.1) is 0 Å². The van der Waals surface area contributed by atoms with E-state index in [4.69, 9.17) is 9.57 Å². The van der Waals surface area contributed by atoms with E-state index in [2.05, 4.69) is 15.6 Å². The summed E-state index contributed by atoms with van der Waals surface area (Å²) in [5, 5.41) is 11.4. The summed E-state index contributed by atoms with van der Waals surface area (Å²) < 4.78 is 7.22. The van der Waals surface area contributed by atoms with Gasteiger partial charge in [0.25, 0.3) is 5.91 Å². The number of para-hydroxylation sites is 1. The molecule has 7 nitrogen and oxygen atoms in total. The van der Waals surface area contributed by atoms with E-state index in [-0.39, 0.29) is 5.91 Å². The number of aromatic nitrogens is 2. The molecule has 4 rings (SSSR count). The zero-order valence-electron chi connectivity index (χ0n) is 16.3. The minimum Gasteiger partial charge on any atom is -0.496 e. The maximum absolute atomic E-state index is 12.6. The summed E-state index contributed by atoms with van der Waals surface area (Å²) in [6.07, 6.45) is -0.329. The van der Waals surface area contributed by atoms with E-state index >= 15 is 0 Å². The van der Waals surface area contributed by atoms with Crippen LogP contribution < -0.4 is 10.1 Å². The number of carbonyl (C=O) groups is 1. The predicted octanol–water partition coefficient (Wildman–Crippen LogP) is 3.38. The summed E-state index contributed by atoms with van der Waals surface area (Å²) >= 11 is 0. The molecule has 1 amide bonds. The highest BCUT2D eigenvalue weighted by Crippen LogP contribution is 2.25. The van der Waals surface area contributed by atoms with E-state index in [1.54, 1.807) is 7.11 Å². The molecule has 1 N–H and O–H groups in total. The van der Waals surface area contributed by atoms with Crippen molar-refractivity contribution in [1.29, 1.82) is 0 Å². The highest BCUT2D eigenvalue weighted by Gasteiger charge is 2.30. The van der Waals surface area contributed by atoms with Crippen LogP contribution in [0.3, 0.4) is 0 Å². The first-order valence-corrected chi connectivity index (χ1v) is 9.39. The molecular formula is C22H22N4O3. The number of hydrogen-bond acceptors (Lipinski definition) is 5. The Balaban J connectivity index is 1.40. The van der Waals surface area contributed by atoms with Gasteiger partial charge in [0.05, 0.1) is 19.4 Å². The summed E-state index contributed by atoms with van der Waals surface area (Å²) in [5.74, 6) is 0.923. The smallest absolute Gasteiger partial charge is 0.269 e. The second-order valence-electron chi connectivity index (χ2n) is 6.84. The molecular weight excluding hydrogens is 368 g/mol. The lowest BCUT2D eigenvalue weighted by Gasteiger charge is -2.08. The molecule has 0 radical (unpaired) electrons. The molecule has 0 fully saturated rings. The van der Waals surface area contributed by atoms with Crippen LogP contribution in [0.15, 0.2) is 65.8 Å². The topological polar surface area (TPSA) is 77.7 Å². The van der Waals surface area contributed by atoms with Gasteiger partial charge in [0.15, 0.2) is 5.82 Å². The Morgan fingerprint density at radius 3 is 2.76 bits per heavy atom. The molecule has 0 saturated heterocycles. The summed E-state index contributed by atoms with van der Waals surface area (Å²) in [4.78, 5) is 18.0. The van der Waals surface area contributed by atoms with Gasteiger partial charge in [-0.05, 0) is 24.6 Å². The van der Waals surface area contributed by atoms with Crippen molar-refractivity contribution >= 4 is 17.4 Å². The molecule has 0 bridgehead atoms. The fourth-order valence-electron chi connectivity index (χ4n) is 3.25. The molecule has 1 atom stereocenters. The molecule has 0 saturated carbocycles. The van der Waals surface area contributed by atoms with Gasteiger partial charge in [0.1, 0.15) is 5.75 Å². The van der Waals surface area contributed by atoms with Crippen LogP contribution in [0, 0.1) is 6.92 Å². The molecule has 0 spiro atoms. The lowest BCUT2D eigenvalue weighted by Crippen LogP contribution is -2.28. The van der Waals surface area contributed by atoms with E-state index in [1.807, 2.05) is 72.3 Å². The van der Waals surface area contributed by atoms with Crippen LogP contribution >= 0.6 is 0 Å². The highest BCUT2D eigenvalue weighted by molar-refractivity contribution is 6.07.